The van der Waals surface area contributed by atoms with Crippen LogP contribution in [0.3, 0.4) is 0 Å². The zero-order chi connectivity index (χ0) is 18.9. The van der Waals surface area contributed by atoms with Gasteiger partial charge in [-0.25, -0.2) is 0 Å². The standard InChI is InChI=1S/C21H27NO3S/c1-5-19(17-8-11-20(25-4)15(2)12-17)22-21(23)14-26-13-16-6-9-18(24-3)10-7-16/h6-12,19H,5,13-14H2,1-4H3,(H,22,23)/t19-/m0/s1. The quantitative estimate of drug-likeness (QED) is 0.702. The lowest BCUT2D eigenvalue weighted by molar-refractivity contribution is -0.119. The lowest BCUT2D eigenvalue weighted by Gasteiger charge is -2.19. The van der Waals surface area contributed by atoms with Crippen LogP contribution >= 0.6 is 11.8 Å². The first-order valence-electron chi connectivity index (χ1n) is 8.72. The number of nitrogens with one attached hydrogen (secondary N) is 1. The van der Waals surface area contributed by atoms with Gasteiger partial charge in [0.25, 0.3) is 0 Å². The average Bonchev–Trinajstić information content (AvgIpc) is 2.66. The van der Waals surface area contributed by atoms with Gasteiger partial charge in [-0.1, -0.05) is 31.2 Å². The number of thioether (sulfide) groups is 1. The number of hydrogen-bond donors (Lipinski definition) is 1. The Morgan fingerprint density at radius 1 is 1.12 bits per heavy atom. The Kier molecular flexibility index (Phi) is 7.85. The van der Waals surface area contributed by atoms with E-state index in [9.17, 15) is 4.79 Å². The maximum Gasteiger partial charge on any atom is 0.230 e. The average molecular weight is 374 g/mol. The second-order valence-electron chi connectivity index (χ2n) is 6.10. The predicted molar refractivity (Wildman–Crippen MR) is 108 cm³/mol. The first kappa shape index (κ1) is 20.2. The van der Waals surface area contributed by atoms with Crippen LogP contribution in [0, 0.1) is 6.92 Å². The van der Waals surface area contributed by atoms with E-state index >= 15 is 0 Å². The van der Waals surface area contributed by atoms with Crippen molar-refractivity contribution in [2.45, 2.75) is 32.1 Å². The topological polar surface area (TPSA) is 47.6 Å². The van der Waals surface area contributed by atoms with Crippen molar-refractivity contribution < 1.29 is 14.3 Å². The molecule has 0 aliphatic rings. The highest BCUT2D eigenvalue weighted by molar-refractivity contribution is 7.99. The fraction of sp³-hybridized carbons (Fsp3) is 0.381. The van der Waals surface area contributed by atoms with Crippen molar-refractivity contribution in [2.24, 2.45) is 0 Å². The molecule has 140 valence electrons. The molecular formula is C21H27NO3S. The molecule has 0 spiro atoms. The molecule has 0 bridgehead atoms. The van der Waals surface area contributed by atoms with Crippen molar-refractivity contribution in [2.75, 3.05) is 20.0 Å². The third-order valence-corrected chi connectivity index (χ3v) is 5.23. The monoisotopic (exact) mass is 373 g/mol. The number of carbonyl (C=O) groups is 1. The van der Waals surface area contributed by atoms with E-state index in [1.165, 1.54) is 5.56 Å². The normalized spacial score (nSPS) is 11.7. The summed E-state index contributed by atoms with van der Waals surface area (Å²) in [5.74, 6) is 3.01. The highest BCUT2D eigenvalue weighted by Gasteiger charge is 2.14. The van der Waals surface area contributed by atoms with Crippen LogP contribution in [-0.2, 0) is 10.5 Å². The summed E-state index contributed by atoms with van der Waals surface area (Å²) in [4.78, 5) is 12.3. The van der Waals surface area contributed by atoms with Gasteiger partial charge < -0.3 is 14.8 Å². The van der Waals surface area contributed by atoms with Crippen molar-refractivity contribution in [3.05, 3.63) is 59.2 Å². The number of benzene rings is 2. The molecule has 26 heavy (non-hydrogen) atoms. The summed E-state index contributed by atoms with van der Waals surface area (Å²) >= 11 is 1.61. The Morgan fingerprint density at radius 3 is 2.42 bits per heavy atom. The van der Waals surface area contributed by atoms with Gasteiger partial charge in [-0.3, -0.25) is 4.79 Å². The molecule has 0 saturated heterocycles. The molecule has 1 amide bonds. The number of hydrogen-bond acceptors (Lipinski definition) is 4. The Hall–Kier alpha value is -2.14. The maximum atomic E-state index is 12.3. The van der Waals surface area contributed by atoms with E-state index in [1.54, 1.807) is 26.0 Å². The summed E-state index contributed by atoms with van der Waals surface area (Å²) < 4.78 is 10.5. The summed E-state index contributed by atoms with van der Waals surface area (Å²) in [5.41, 5.74) is 3.37. The molecule has 2 aromatic carbocycles. The fourth-order valence-corrected chi connectivity index (χ4v) is 3.56. The minimum Gasteiger partial charge on any atom is -0.497 e. The van der Waals surface area contributed by atoms with E-state index in [-0.39, 0.29) is 11.9 Å². The third kappa shape index (κ3) is 5.70. The van der Waals surface area contributed by atoms with E-state index in [0.29, 0.717) is 5.75 Å². The van der Waals surface area contributed by atoms with Gasteiger partial charge in [-0.05, 0) is 48.2 Å². The molecule has 0 aliphatic heterocycles. The van der Waals surface area contributed by atoms with Gasteiger partial charge in [0.1, 0.15) is 11.5 Å². The lowest BCUT2D eigenvalue weighted by Crippen LogP contribution is -2.29. The fourth-order valence-electron chi connectivity index (χ4n) is 2.76. The van der Waals surface area contributed by atoms with Gasteiger partial charge in [0.2, 0.25) is 5.91 Å². The van der Waals surface area contributed by atoms with Crippen molar-refractivity contribution >= 4 is 17.7 Å². The summed E-state index contributed by atoms with van der Waals surface area (Å²) in [6.07, 6.45) is 0.848. The molecule has 0 radical (unpaired) electrons. The summed E-state index contributed by atoms with van der Waals surface area (Å²) in [5, 5.41) is 3.13. The van der Waals surface area contributed by atoms with Crippen LogP contribution in [0.4, 0.5) is 0 Å². The van der Waals surface area contributed by atoms with Gasteiger partial charge in [0.05, 0.1) is 26.0 Å². The minimum absolute atomic E-state index is 0.0219. The Bertz CT molecular complexity index is 716. The second kappa shape index (κ2) is 10.1. The molecule has 5 heteroatoms. The van der Waals surface area contributed by atoms with E-state index in [1.807, 2.05) is 43.3 Å². The van der Waals surface area contributed by atoms with Gasteiger partial charge in [-0.2, -0.15) is 0 Å². The van der Waals surface area contributed by atoms with Crippen molar-refractivity contribution in [3.63, 3.8) is 0 Å². The van der Waals surface area contributed by atoms with Crippen molar-refractivity contribution in [3.8, 4) is 11.5 Å². The Morgan fingerprint density at radius 2 is 1.85 bits per heavy atom. The summed E-state index contributed by atoms with van der Waals surface area (Å²) in [6, 6.07) is 14.0. The number of ether oxygens (including phenoxy) is 2. The number of amides is 1. The van der Waals surface area contributed by atoms with Crippen LogP contribution < -0.4 is 14.8 Å². The van der Waals surface area contributed by atoms with Gasteiger partial charge >= 0.3 is 0 Å². The first-order chi connectivity index (χ1) is 12.6. The Balaban J connectivity index is 1.85. The predicted octanol–water partition coefficient (Wildman–Crippen LogP) is 4.51. The number of methoxy groups -OCH3 is 2. The molecule has 4 nitrogen and oxygen atoms in total. The van der Waals surface area contributed by atoms with E-state index in [2.05, 4.69) is 18.3 Å². The highest BCUT2D eigenvalue weighted by atomic mass is 32.2. The molecule has 2 aromatic rings. The van der Waals surface area contributed by atoms with Crippen molar-refractivity contribution in [1.29, 1.82) is 0 Å². The number of rotatable bonds is 9. The Labute approximate surface area is 160 Å². The van der Waals surface area contributed by atoms with Crippen LogP contribution in [0.25, 0.3) is 0 Å². The molecule has 1 atom stereocenters. The zero-order valence-electron chi connectivity index (χ0n) is 15.9. The van der Waals surface area contributed by atoms with E-state index in [0.717, 1.165) is 34.8 Å². The first-order valence-corrected chi connectivity index (χ1v) is 9.87. The zero-order valence-corrected chi connectivity index (χ0v) is 16.7. The molecular weight excluding hydrogens is 346 g/mol. The molecule has 0 unspecified atom stereocenters. The largest absolute Gasteiger partial charge is 0.497 e. The van der Waals surface area contributed by atoms with Gasteiger partial charge in [0.15, 0.2) is 0 Å². The van der Waals surface area contributed by atoms with Crippen LogP contribution in [0.2, 0.25) is 0 Å². The van der Waals surface area contributed by atoms with E-state index < -0.39 is 0 Å². The molecule has 0 heterocycles. The molecule has 0 aromatic heterocycles. The number of aryl methyl sites for hydroxylation is 1. The molecule has 0 aliphatic carbocycles. The number of carbonyl (C=O) groups excluding carboxylic acids is 1. The van der Waals surface area contributed by atoms with E-state index in [4.69, 9.17) is 9.47 Å². The van der Waals surface area contributed by atoms with Crippen LogP contribution in [0.5, 0.6) is 11.5 Å². The van der Waals surface area contributed by atoms with Crippen LogP contribution in [0.15, 0.2) is 42.5 Å². The van der Waals surface area contributed by atoms with Crippen LogP contribution in [-0.4, -0.2) is 25.9 Å². The minimum atomic E-state index is 0.0219. The molecule has 0 saturated carbocycles. The molecule has 0 fully saturated rings. The van der Waals surface area contributed by atoms with Crippen molar-refractivity contribution in [1.82, 2.24) is 5.32 Å². The second-order valence-corrected chi connectivity index (χ2v) is 7.08. The highest BCUT2D eigenvalue weighted by Crippen LogP contribution is 2.24. The van der Waals surface area contributed by atoms with Gasteiger partial charge in [0, 0.05) is 5.75 Å². The third-order valence-electron chi connectivity index (χ3n) is 4.23. The maximum absolute atomic E-state index is 12.3. The summed E-state index contributed by atoms with van der Waals surface area (Å²) in [7, 11) is 3.32. The molecule has 2 rings (SSSR count). The van der Waals surface area contributed by atoms with Gasteiger partial charge in [-0.15, -0.1) is 11.8 Å². The SMILES string of the molecule is CC[C@H](NC(=O)CSCc1ccc(OC)cc1)c1ccc(OC)c(C)c1. The summed E-state index contributed by atoms with van der Waals surface area (Å²) in [6.45, 7) is 4.09. The lowest BCUT2D eigenvalue weighted by atomic mass is 10.0. The molecule has 1 N–H and O–H groups in total. The van der Waals surface area contributed by atoms with Crippen LogP contribution in [0.1, 0.15) is 36.1 Å². The smallest absolute Gasteiger partial charge is 0.230 e.